The number of hydrogen-bond donors (Lipinski definition) is 1. The Morgan fingerprint density at radius 2 is 1.16 bits per heavy atom. The van der Waals surface area contributed by atoms with E-state index in [2.05, 4.69) is 4.74 Å². The second-order valence-electron chi connectivity index (χ2n) is 8.88. The molecule has 1 unspecified atom stereocenters. The lowest BCUT2D eigenvalue weighted by molar-refractivity contribution is -0.459. The molecule has 0 spiro atoms. The summed E-state index contributed by atoms with van der Waals surface area (Å²) in [5, 5.41) is 4.24. The molecule has 0 aliphatic rings. The van der Waals surface area contributed by atoms with Crippen molar-refractivity contribution in [1.29, 1.82) is 0 Å². The predicted octanol–water partition coefficient (Wildman–Crippen LogP) is 5.75. The van der Waals surface area contributed by atoms with Crippen molar-refractivity contribution in [1.82, 2.24) is 0 Å². The third kappa shape index (κ3) is 5.14. The quantitative estimate of drug-likeness (QED) is 0.411. The zero-order chi connectivity index (χ0) is 25.0. The smallest absolute Gasteiger partial charge is 0.435 e. The minimum Gasteiger partial charge on any atom is -0.768 e. The Labute approximate surface area is 175 Å². The van der Waals surface area contributed by atoms with E-state index in [1.165, 1.54) is 41.5 Å². The third-order valence-corrected chi connectivity index (χ3v) is 4.91. The summed E-state index contributed by atoms with van der Waals surface area (Å²) in [5.41, 5.74) is -4.26. The molecule has 1 aromatic rings. The molecule has 0 heterocycles. The molecule has 0 amide bonds. The van der Waals surface area contributed by atoms with E-state index >= 15 is 0 Å². The van der Waals surface area contributed by atoms with Crippen LogP contribution < -0.4 is 0 Å². The molecule has 0 saturated heterocycles. The van der Waals surface area contributed by atoms with E-state index in [4.69, 9.17) is 0 Å². The number of phenolic OH excluding ortho intramolecular Hbond substituents is 1. The number of rotatable bonds is 6. The Bertz CT molecular complexity index is 822. The number of halogens is 8. The van der Waals surface area contributed by atoms with Crippen LogP contribution >= 0.6 is 0 Å². The van der Waals surface area contributed by atoms with E-state index in [1.807, 2.05) is 0 Å². The van der Waals surface area contributed by atoms with Gasteiger partial charge >= 0.3 is 23.4 Å². The lowest BCUT2D eigenvalue weighted by Gasteiger charge is -2.35. The van der Waals surface area contributed by atoms with Crippen LogP contribution in [0.15, 0.2) is 12.1 Å². The maximum absolute atomic E-state index is 14.6. The topological polar surface area (TPSA) is 69.6 Å². The van der Waals surface area contributed by atoms with Gasteiger partial charge in [-0.2, -0.15) is 35.1 Å². The van der Waals surface area contributed by atoms with Gasteiger partial charge in [0.05, 0.1) is 0 Å². The van der Waals surface area contributed by atoms with Crippen molar-refractivity contribution in [3.05, 3.63) is 28.8 Å². The predicted molar refractivity (Wildman–Crippen MR) is 94.2 cm³/mol. The summed E-state index contributed by atoms with van der Waals surface area (Å²) in [6.45, 7) is 8.69. The van der Waals surface area contributed by atoms with E-state index in [0.717, 1.165) is 0 Å². The molecule has 0 aliphatic heterocycles. The zero-order valence-electron chi connectivity index (χ0n) is 17.3. The van der Waals surface area contributed by atoms with Gasteiger partial charge in [-0.3, -0.25) is 4.21 Å². The molecule has 0 radical (unpaired) electrons. The van der Waals surface area contributed by atoms with E-state index < -0.39 is 56.6 Å². The summed E-state index contributed by atoms with van der Waals surface area (Å²) in [6, 6.07) is 0.841. The molecule has 0 aliphatic carbocycles. The summed E-state index contributed by atoms with van der Waals surface area (Å²) in [4.78, 5) is 0. The largest absolute Gasteiger partial charge is 0.768 e. The average Bonchev–Trinajstić information content (AvgIpc) is 2.50. The standard InChI is InChI=1S/C18H22F8O4S/c1-13(2,3)10-7-9(8-11(12(10)27)14(4,5)6)15(19,20)16(21,22)30-17(23,24)18(25,26)31(28)29/h7-8,27H,1-6H3,(H,28,29)/p-1. The molecule has 0 aromatic heterocycles. The van der Waals surface area contributed by atoms with Gasteiger partial charge in [-0.15, -0.1) is 0 Å². The molecular formula is C18H21F8O4S-. The lowest BCUT2D eigenvalue weighted by atomic mass is 9.77. The van der Waals surface area contributed by atoms with Gasteiger partial charge in [-0.25, -0.2) is 4.74 Å². The maximum Gasteiger partial charge on any atom is 0.435 e. The fraction of sp³-hybridized carbons (Fsp3) is 0.667. The normalized spacial score (nSPS) is 15.8. The fourth-order valence-electron chi connectivity index (χ4n) is 2.51. The van der Waals surface area contributed by atoms with Gasteiger partial charge in [-0.1, -0.05) is 41.5 Å². The summed E-state index contributed by atoms with van der Waals surface area (Å²) in [7, 11) is 0. The fourth-order valence-corrected chi connectivity index (χ4v) is 2.74. The number of aromatic hydroxyl groups is 1. The van der Waals surface area contributed by atoms with E-state index in [1.54, 1.807) is 0 Å². The highest BCUT2D eigenvalue weighted by Gasteiger charge is 2.70. The SMILES string of the molecule is CC(C)(C)c1cc(C(F)(F)C(F)(F)OC(F)(F)C(F)(F)S(=O)[O-])cc(C(C)(C)C)c1O. The van der Waals surface area contributed by atoms with Crippen LogP contribution in [0, 0.1) is 0 Å². The van der Waals surface area contributed by atoms with Crippen LogP contribution in [0.25, 0.3) is 0 Å². The molecule has 1 aromatic carbocycles. The van der Waals surface area contributed by atoms with Crippen LogP contribution in [0.3, 0.4) is 0 Å². The summed E-state index contributed by atoms with van der Waals surface area (Å²) >= 11 is -4.95. The van der Waals surface area contributed by atoms with Gasteiger partial charge in [-0.05, 0) is 23.0 Å². The number of ether oxygens (including phenoxy) is 1. The molecule has 31 heavy (non-hydrogen) atoms. The molecule has 1 N–H and O–H groups in total. The molecule has 0 bridgehead atoms. The Kier molecular flexibility index (Phi) is 6.97. The summed E-state index contributed by atoms with van der Waals surface area (Å²) < 4.78 is 133. The second-order valence-corrected chi connectivity index (χ2v) is 9.86. The first-order chi connectivity index (χ1) is 13.4. The van der Waals surface area contributed by atoms with Gasteiger partial charge in [0.1, 0.15) is 5.75 Å². The summed E-state index contributed by atoms with van der Waals surface area (Å²) in [5.74, 6) is -6.12. The van der Waals surface area contributed by atoms with Gasteiger partial charge in [0.25, 0.3) is 0 Å². The molecule has 1 rings (SSSR count). The van der Waals surface area contributed by atoms with Gasteiger partial charge in [0, 0.05) is 27.8 Å². The van der Waals surface area contributed by atoms with Gasteiger partial charge in [0.2, 0.25) is 0 Å². The molecular weight excluding hydrogens is 464 g/mol. The minimum absolute atomic E-state index is 0.247. The van der Waals surface area contributed by atoms with Crippen LogP contribution in [0.2, 0.25) is 0 Å². The van der Waals surface area contributed by atoms with Crippen LogP contribution in [0.4, 0.5) is 35.1 Å². The molecule has 0 saturated carbocycles. The first kappa shape index (κ1) is 27.6. The van der Waals surface area contributed by atoms with Crippen LogP contribution in [0.1, 0.15) is 58.2 Å². The number of hydrogen-bond acceptors (Lipinski definition) is 4. The highest BCUT2D eigenvalue weighted by Crippen LogP contribution is 2.52. The maximum atomic E-state index is 14.6. The number of alkyl halides is 8. The van der Waals surface area contributed by atoms with E-state index in [9.17, 15) is 49.0 Å². The Hall–Kier alpha value is -1.47. The van der Waals surface area contributed by atoms with Crippen molar-refractivity contribution in [3.8, 4) is 5.75 Å². The monoisotopic (exact) mass is 485 g/mol. The van der Waals surface area contributed by atoms with Crippen molar-refractivity contribution < 1.29 is 53.7 Å². The highest BCUT2D eigenvalue weighted by molar-refractivity contribution is 7.80. The van der Waals surface area contributed by atoms with Crippen LogP contribution in [-0.4, -0.2) is 31.3 Å². The van der Waals surface area contributed by atoms with Gasteiger partial charge in [0.15, 0.2) is 0 Å². The molecule has 180 valence electrons. The van der Waals surface area contributed by atoms with E-state index in [0.29, 0.717) is 12.1 Å². The van der Waals surface area contributed by atoms with Crippen molar-refractivity contribution in [2.45, 2.75) is 75.8 Å². The van der Waals surface area contributed by atoms with Crippen LogP contribution in [0.5, 0.6) is 5.75 Å². The molecule has 4 nitrogen and oxygen atoms in total. The van der Waals surface area contributed by atoms with Crippen molar-refractivity contribution >= 4 is 11.1 Å². The van der Waals surface area contributed by atoms with Gasteiger partial charge < -0.3 is 9.66 Å². The van der Waals surface area contributed by atoms with Crippen molar-refractivity contribution in [2.75, 3.05) is 0 Å². The van der Waals surface area contributed by atoms with Crippen LogP contribution in [-0.2, 0) is 32.6 Å². The number of phenols is 1. The minimum atomic E-state index is -6.48. The average molecular weight is 485 g/mol. The Morgan fingerprint density at radius 1 is 0.806 bits per heavy atom. The lowest BCUT2D eigenvalue weighted by Crippen LogP contribution is -2.53. The highest BCUT2D eigenvalue weighted by atomic mass is 32.2. The first-order valence-electron chi connectivity index (χ1n) is 8.59. The second kappa shape index (κ2) is 7.84. The Balaban J connectivity index is 3.71. The molecule has 13 heteroatoms. The zero-order valence-corrected chi connectivity index (χ0v) is 18.1. The first-order valence-corrected chi connectivity index (χ1v) is 9.66. The molecule has 0 fully saturated rings. The van der Waals surface area contributed by atoms with E-state index in [-0.39, 0.29) is 11.1 Å². The summed E-state index contributed by atoms with van der Waals surface area (Å²) in [6.07, 6.45) is -12.7. The Morgan fingerprint density at radius 3 is 1.45 bits per heavy atom. The molecule has 1 atom stereocenters. The number of benzene rings is 1. The third-order valence-electron chi connectivity index (χ3n) is 4.26. The van der Waals surface area contributed by atoms with Crippen molar-refractivity contribution in [3.63, 3.8) is 0 Å². The van der Waals surface area contributed by atoms with Crippen molar-refractivity contribution in [2.24, 2.45) is 0 Å².